The van der Waals surface area contributed by atoms with Gasteiger partial charge in [0, 0.05) is 19.0 Å². The third kappa shape index (κ3) is 3.37. The Balaban J connectivity index is 1.50. The Labute approximate surface area is 182 Å². The van der Waals surface area contributed by atoms with Crippen LogP contribution in [0, 0.1) is 0 Å². The van der Waals surface area contributed by atoms with Crippen LogP contribution in [0.4, 0.5) is 0 Å². The summed E-state index contributed by atoms with van der Waals surface area (Å²) in [7, 11) is 1.62. The number of benzene rings is 2. The maximum Gasteiger partial charge on any atom is 0.277 e. The molecule has 0 spiro atoms. The maximum absolute atomic E-state index is 13.2. The molecule has 0 atom stereocenters. The van der Waals surface area contributed by atoms with E-state index in [4.69, 9.17) is 16.3 Å². The lowest BCUT2D eigenvalue weighted by atomic mass is 10.1. The van der Waals surface area contributed by atoms with Gasteiger partial charge in [-0.25, -0.2) is 9.50 Å². The third-order valence-electron chi connectivity index (χ3n) is 5.55. The number of aromatic amines is 1. The van der Waals surface area contributed by atoms with Crippen molar-refractivity contribution >= 4 is 23.2 Å². The molecule has 3 heterocycles. The molecule has 31 heavy (non-hydrogen) atoms. The monoisotopic (exact) mass is 434 g/mol. The summed E-state index contributed by atoms with van der Waals surface area (Å²) < 4.78 is 6.63. The van der Waals surface area contributed by atoms with Crippen LogP contribution in [-0.4, -0.2) is 39.1 Å². The van der Waals surface area contributed by atoms with Crippen LogP contribution in [0.15, 0.2) is 59.4 Å². The van der Waals surface area contributed by atoms with Crippen LogP contribution in [0.3, 0.4) is 0 Å². The standard InChI is InChI=1S/C23H19ClN4O3/c1-31-15-8-6-14(7-9-15)20-12-21-25-19-10-11-27(13-17(19)23(30)28(21)26-20)22(29)16-4-2-3-5-18(16)24/h2-9,12,26H,10-11,13H2,1H3. The zero-order chi connectivity index (χ0) is 21.5. The summed E-state index contributed by atoms with van der Waals surface area (Å²) in [6.07, 6.45) is 0.514. The summed E-state index contributed by atoms with van der Waals surface area (Å²) in [5.41, 5.74) is 3.74. The van der Waals surface area contributed by atoms with Gasteiger partial charge in [-0.05, 0) is 42.0 Å². The first kappa shape index (κ1) is 19.4. The average Bonchev–Trinajstić information content (AvgIpc) is 3.23. The highest BCUT2D eigenvalue weighted by Gasteiger charge is 2.27. The molecule has 0 bridgehead atoms. The molecule has 1 aliphatic rings. The van der Waals surface area contributed by atoms with E-state index in [2.05, 4.69) is 10.1 Å². The van der Waals surface area contributed by atoms with Gasteiger partial charge in [0.05, 0.1) is 41.2 Å². The van der Waals surface area contributed by atoms with E-state index in [0.717, 1.165) is 22.7 Å². The van der Waals surface area contributed by atoms with Gasteiger partial charge in [0.25, 0.3) is 11.5 Å². The minimum atomic E-state index is -0.198. The molecule has 4 aromatic rings. The van der Waals surface area contributed by atoms with Gasteiger partial charge in [-0.15, -0.1) is 0 Å². The lowest BCUT2D eigenvalue weighted by molar-refractivity contribution is 0.0732. The second-order valence-corrected chi connectivity index (χ2v) is 7.80. The molecule has 0 saturated carbocycles. The summed E-state index contributed by atoms with van der Waals surface area (Å²) in [6, 6.07) is 16.3. The molecular formula is C23H19ClN4O3. The summed E-state index contributed by atoms with van der Waals surface area (Å²) in [6.45, 7) is 0.681. The first-order chi connectivity index (χ1) is 15.0. The van der Waals surface area contributed by atoms with E-state index in [1.807, 2.05) is 30.3 Å². The Morgan fingerprint density at radius 1 is 1.16 bits per heavy atom. The molecule has 8 heteroatoms. The van der Waals surface area contributed by atoms with Gasteiger partial charge in [0.2, 0.25) is 0 Å². The topological polar surface area (TPSA) is 79.7 Å². The van der Waals surface area contributed by atoms with E-state index >= 15 is 0 Å². The number of hydrogen-bond acceptors (Lipinski definition) is 4. The van der Waals surface area contributed by atoms with E-state index in [0.29, 0.717) is 34.8 Å². The van der Waals surface area contributed by atoms with Crippen molar-refractivity contribution in [2.24, 2.45) is 0 Å². The second-order valence-electron chi connectivity index (χ2n) is 7.39. The van der Waals surface area contributed by atoms with Gasteiger partial charge < -0.3 is 9.64 Å². The molecule has 2 aromatic heterocycles. The van der Waals surface area contributed by atoms with Gasteiger partial charge in [0.1, 0.15) is 5.75 Å². The van der Waals surface area contributed by atoms with Crippen LogP contribution in [0.1, 0.15) is 21.6 Å². The Bertz CT molecular complexity index is 1360. The summed E-state index contributed by atoms with van der Waals surface area (Å²) in [5.74, 6) is 0.569. The minimum absolute atomic E-state index is 0.189. The van der Waals surface area contributed by atoms with Crippen molar-refractivity contribution in [3.63, 3.8) is 0 Å². The van der Waals surface area contributed by atoms with Crippen molar-refractivity contribution in [2.75, 3.05) is 13.7 Å². The highest BCUT2D eigenvalue weighted by atomic mass is 35.5. The minimum Gasteiger partial charge on any atom is -0.497 e. The molecule has 0 fully saturated rings. The average molecular weight is 435 g/mol. The SMILES string of the molecule is COc1ccc(-c2cc3nc4c(c(=O)n3[nH]2)CN(C(=O)c2ccccc2Cl)CC4)cc1. The molecule has 1 N–H and O–H groups in total. The van der Waals surface area contributed by atoms with Crippen LogP contribution >= 0.6 is 11.6 Å². The normalized spacial score (nSPS) is 13.3. The van der Waals surface area contributed by atoms with Crippen molar-refractivity contribution in [1.29, 1.82) is 0 Å². The fourth-order valence-corrected chi connectivity index (χ4v) is 4.09. The van der Waals surface area contributed by atoms with Crippen molar-refractivity contribution in [3.8, 4) is 17.0 Å². The Kier molecular flexibility index (Phi) is 4.75. The highest BCUT2D eigenvalue weighted by molar-refractivity contribution is 6.33. The molecule has 7 nitrogen and oxygen atoms in total. The zero-order valence-corrected chi connectivity index (χ0v) is 17.5. The van der Waals surface area contributed by atoms with Gasteiger partial charge in [-0.3, -0.25) is 14.7 Å². The molecule has 0 saturated heterocycles. The lowest BCUT2D eigenvalue weighted by Crippen LogP contribution is -2.40. The van der Waals surface area contributed by atoms with Gasteiger partial charge in [-0.1, -0.05) is 23.7 Å². The first-order valence-corrected chi connectivity index (χ1v) is 10.2. The molecule has 5 rings (SSSR count). The fraction of sp³-hybridized carbons (Fsp3) is 0.174. The largest absolute Gasteiger partial charge is 0.497 e. The maximum atomic E-state index is 13.2. The van der Waals surface area contributed by atoms with Gasteiger partial charge in [0.15, 0.2) is 5.65 Å². The lowest BCUT2D eigenvalue weighted by Gasteiger charge is -2.28. The van der Waals surface area contributed by atoms with Crippen LogP contribution in [0.2, 0.25) is 5.02 Å². The van der Waals surface area contributed by atoms with Crippen LogP contribution in [-0.2, 0) is 13.0 Å². The number of nitrogens with zero attached hydrogens (tertiary/aromatic N) is 3. The number of carbonyl (C=O) groups excluding carboxylic acids is 1. The number of rotatable bonds is 3. The van der Waals surface area contributed by atoms with E-state index in [1.54, 1.807) is 36.3 Å². The number of carbonyl (C=O) groups is 1. The number of nitrogens with one attached hydrogen (secondary N) is 1. The van der Waals surface area contributed by atoms with Crippen LogP contribution in [0.5, 0.6) is 5.75 Å². The number of hydrogen-bond donors (Lipinski definition) is 1. The van der Waals surface area contributed by atoms with Gasteiger partial charge in [-0.2, -0.15) is 0 Å². The van der Waals surface area contributed by atoms with Gasteiger partial charge >= 0.3 is 0 Å². The van der Waals surface area contributed by atoms with Crippen LogP contribution < -0.4 is 10.3 Å². The predicted molar refractivity (Wildman–Crippen MR) is 118 cm³/mol. The Hall–Kier alpha value is -3.58. The number of aromatic nitrogens is 3. The molecule has 0 radical (unpaired) electrons. The predicted octanol–water partition coefficient (Wildman–Crippen LogP) is 3.55. The summed E-state index contributed by atoms with van der Waals surface area (Å²) in [4.78, 5) is 32.5. The first-order valence-electron chi connectivity index (χ1n) is 9.87. The van der Waals surface area contributed by atoms with Crippen molar-refractivity contribution in [2.45, 2.75) is 13.0 Å². The van der Waals surface area contributed by atoms with Crippen molar-refractivity contribution < 1.29 is 9.53 Å². The fourth-order valence-electron chi connectivity index (χ4n) is 3.88. The smallest absolute Gasteiger partial charge is 0.277 e. The molecule has 2 aromatic carbocycles. The number of amides is 1. The van der Waals surface area contributed by atoms with Crippen molar-refractivity contribution in [1.82, 2.24) is 19.5 Å². The molecule has 0 unspecified atom stereocenters. The number of methoxy groups -OCH3 is 1. The highest BCUT2D eigenvalue weighted by Crippen LogP contribution is 2.24. The molecule has 0 aliphatic carbocycles. The number of H-pyrrole nitrogens is 1. The number of halogens is 1. The van der Waals surface area contributed by atoms with E-state index in [-0.39, 0.29) is 18.0 Å². The number of fused-ring (bicyclic) bond motifs is 2. The van der Waals surface area contributed by atoms with E-state index < -0.39 is 0 Å². The van der Waals surface area contributed by atoms with Crippen LogP contribution in [0.25, 0.3) is 16.9 Å². The number of ether oxygens (including phenoxy) is 1. The summed E-state index contributed by atoms with van der Waals surface area (Å²) in [5, 5.41) is 3.53. The molecule has 1 aliphatic heterocycles. The molecule has 1 amide bonds. The Morgan fingerprint density at radius 3 is 2.68 bits per heavy atom. The van der Waals surface area contributed by atoms with E-state index in [1.165, 1.54) is 4.52 Å². The quantitative estimate of drug-likeness (QED) is 0.534. The molecular weight excluding hydrogens is 416 g/mol. The van der Waals surface area contributed by atoms with Crippen molar-refractivity contribution in [3.05, 3.63) is 86.8 Å². The van der Waals surface area contributed by atoms with E-state index in [9.17, 15) is 9.59 Å². The second kappa shape index (κ2) is 7.59. The third-order valence-corrected chi connectivity index (χ3v) is 5.88. The Morgan fingerprint density at radius 2 is 1.94 bits per heavy atom. The molecule has 156 valence electrons. The summed E-state index contributed by atoms with van der Waals surface area (Å²) >= 11 is 6.19. The zero-order valence-electron chi connectivity index (χ0n) is 16.8.